The first-order valence-corrected chi connectivity index (χ1v) is 15.1. The number of carbonyl (C=O) groups excluding carboxylic acids is 2. The second-order valence-electron chi connectivity index (χ2n) is 9.45. The standard InChI is InChI=1S/C29H27ClN4O3S2/c1-19-7-2-5-10-22(19)34-29-26(27(31-34)23-11-6-16-38-23)28(20-8-3-4-9-21(20)30)39-18-25(36)33(29)17-24(35)32-12-14-37-15-13-32/h2-11,16,28H,12-15,17-18H2,1H3/t28-/m0/s1. The van der Waals surface area contributed by atoms with Crippen molar-refractivity contribution in [2.75, 3.05) is 43.5 Å². The van der Waals surface area contributed by atoms with E-state index < -0.39 is 0 Å². The lowest BCUT2D eigenvalue weighted by atomic mass is 10.0. The smallest absolute Gasteiger partial charge is 0.242 e. The van der Waals surface area contributed by atoms with Crippen LogP contribution in [-0.4, -0.2) is 65.1 Å². The molecule has 10 heteroatoms. The molecule has 0 unspecified atom stereocenters. The van der Waals surface area contributed by atoms with Gasteiger partial charge in [-0.25, -0.2) is 4.68 Å². The zero-order valence-corrected chi connectivity index (χ0v) is 23.8. The van der Waals surface area contributed by atoms with Crippen molar-refractivity contribution in [3.63, 3.8) is 0 Å². The van der Waals surface area contributed by atoms with Gasteiger partial charge in [0.2, 0.25) is 11.8 Å². The van der Waals surface area contributed by atoms with E-state index in [4.69, 9.17) is 21.4 Å². The Labute approximate surface area is 240 Å². The summed E-state index contributed by atoms with van der Waals surface area (Å²) in [7, 11) is 0. The van der Waals surface area contributed by atoms with Gasteiger partial charge in [-0.15, -0.1) is 23.1 Å². The monoisotopic (exact) mass is 578 g/mol. The Bertz CT molecular complexity index is 1510. The molecule has 2 amide bonds. The Hall–Kier alpha value is -3.11. The van der Waals surface area contributed by atoms with Crippen molar-refractivity contribution in [3.8, 4) is 16.3 Å². The summed E-state index contributed by atoms with van der Waals surface area (Å²) in [6, 6.07) is 19.8. The highest BCUT2D eigenvalue weighted by atomic mass is 35.5. The molecule has 1 saturated heterocycles. The number of aromatic nitrogens is 2. The molecule has 1 atom stereocenters. The SMILES string of the molecule is Cc1ccccc1-n1nc(-c2cccs2)c2c1N(CC(=O)N1CCOCC1)C(=O)CS[C@H]2c1ccccc1Cl. The molecule has 2 aromatic carbocycles. The summed E-state index contributed by atoms with van der Waals surface area (Å²) in [5.41, 5.74) is 4.47. The Morgan fingerprint density at radius 3 is 2.59 bits per heavy atom. The number of halogens is 1. The van der Waals surface area contributed by atoms with Gasteiger partial charge in [0, 0.05) is 23.7 Å². The van der Waals surface area contributed by atoms with Gasteiger partial charge in [-0.3, -0.25) is 14.5 Å². The number of hydrogen-bond donors (Lipinski definition) is 0. The first-order chi connectivity index (χ1) is 19.0. The lowest BCUT2D eigenvalue weighted by molar-refractivity contribution is -0.134. The van der Waals surface area contributed by atoms with Gasteiger partial charge in [-0.05, 0) is 41.6 Å². The molecule has 0 bridgehead atoms. The van der Waals surface area contributed by atoms with Crippen LogP contribution in [0.15, 0.2) is 66.0 Å². The van der Waals surface area contributed by atoms with Gasteiger partial charge >= 0.3 is 0 Å². The van der Waals surface area contributed by atoms with E-state index in [0.717, 1.165) is 32.9 Å². The molecule has 0 radical (unpaired) electrons. The van der Waals surface area contributed by atoms with E-state index in [9.17, 15) is 9.59 Å². The molecule has 6 rings (SSSR count). The van der Waals surface area contributed by atoms with Gasteiger partial charge in [0.05, 0.1) is 34.8 Å². The molecule has 200 valence electrons. The van der Waals surface area contributed by atoms with Crippen LogP contribution in [0, 0.1) is 6.92 Å². The van der Waals surface area contributed by atoms with E-state index in [1.165, 1.54) is 11.8 Å². The van der Waals surface area contributed by atoms with Crippen molar-refractivity contribution in [1.82, 2.24) is 14.7 Å². The molecule has 4 heterocycles. The minimum Gasteiger partial charge on any atom is -0.378 e. The summed E-state index contributed by atoms with van der Waals surface area (Å²) in [5.74, 6) is 0.589. The van der Waals surface area contributed by atoms with Crippen molar-refractivity contribution in [3.05, 3.63) is 87.8 Å². The second kappa shape index (κ2) is 11.2. The fourth-order valence-electron chi connectivity index (χ4n) is 5.06. The Balaban J connectivity index is 1.59. The van der Waals surface area contributed by atoms with Crippen LogP contribution < -0.4 is 4.90 Å². The van der Waals surface area contributed by atoms with Crippen molar-refractivity contribution >= 4 is 52.3 Å². The van der Waals surface area contributed by atoms with Crippen LogP contribution in [0.2, 0.25) is 5.02 Å². The van der Waals surface area contributed by atoms with E-state index in [-0.39, 0.29) is 29.4 Å². The number of benzene rings is 2. The molecule has 0 aliphatic carbocycles. The first kappa shape index (κ1) is 26.1. The molecule has 2 aliphatic rings. The van der Waals surface area contributed by atoms with Crippen LogP contribution >= 0.6 is 34.7 Å². The largest absolute Gasteiger partial charge is 0.378 e. The number of anilines is 1. The van der Waals surface area contributed by atoms with Crippen molar-refractivity contribution in [1.29, 1.82) is 0 Å². The molecule has 4 aromatic rings. The van der Waals surface area contributed by atoms with Crippen LogP contribution in [0.1, 0.15) is 21.9 Å². The van der Waals surface area contributed by atoms with Crippen LogP contribution in [0.25, 0.3) is 16.3 Å². The normalized spacial score (nSPS) is 17.7. The maximum absolute atomic E-state index is 13.9. The van der Waals surface area contributed by atoms with Gasteiger partial charge in [0.15, 0.2) is 0 Å². The molecule has 0 N–H and O–H groups in total. The van der Waals surface area contributed by atoms with Crippen LogP contribution in [0.4, 0.5) is 5.82 Å². The topological polar surface area (TPSA) is 67.7 Å². The number of thioether (sulfide) groups is 1. The second-order valence-corrected chi connectivity index (χ2v) is 11.9. The molecule has 0 saturated carbocycles. The van der Waals surface area contributed by atoms with Crippen molar-refractivity contribution in [2.24, 2.45) is 0 Å². The average molecular weight is 579 g/mol. The number of ether oxygens (including phenoxy) is 1. The molecule has 2 aromatic heterocycles. The van der Waals surface area contributed by atoms with Gasteiger partial charge < -0.3 is 9.64 Å². The number of amides is 2. The molecule has 0 spiro atoms. The lowest BCUT2D eigenvalue weighted by Crippen LogP contribution is -2.48. The van der Waals surface area contributed by atoms with Crippen LogP contribution in [0.3, 0.4) is 0 Å². The fraction of sp³-hybridized carbons (Fsp3) is 0.276. The highest BCUT2D eigenvalue weighted by molar-refractivity contribution is 8.00. The van der Waals surface area contributed by atoms with Crippen LogP contribution in [-0.2, 0) is 14.3 Å². The third-order valence-corrected chi connectivity index (χ3v) is 9.49. The maximum Gasteiger partial charge on any atom is 0.242 e. The van der Waals surface area contributed by atoms with Crippen molar-refractivity contribution < 1.29 is 14.3 Å². The highest BCUT2D eigenvalue weighted by Crippen LogP contribution is 2.50. The minimum atomic E-state index is -0.254. The third-order valence-electron chi connectivity index (χ3n) is 7.03. The number of para-hydroxylation sites is 1. The molecular formula is C29H27ClN4O3S2. The summed E-state index contributed by atoms with van der Waals surface area (Å²) in [6.07, 6.45) is 0. The zero-order chi connectivity index (χ0) is 26.9. The average Bonchev–Trinajstić information content (AvgIpc) is 3.59. The van der Waals surface area contributed by atoms with E-state index >= 15 is 0 Å². The summed E-state index contributed by atoms with van der Waals surface area (Å²) < 4.78 is 7.29. The quantitative estimate of drug-likeness (QED) is 0.309. The summed E-state index contributed by atoms with van der Waals surface area (Å²) in [4.78, 5) is 31.8. The first-order valence-electron chi connectivity index (χ1n) is 12.8. The molecule has 1 fully saturated rings. The number of morpholine rings is 1. The van der Waals surface area contributed by atoms with Gasteiger partial charge in [-0.1, -0.05) is 54.1 Å². The molecule has 2 aliphatic heterocycles. The minimum absolute atomic E-state index is 0.0664. The number of thiophene rings is 1. The number of hydrogen-bond acceptors (Lipinski definition) is 6. The number of rotatable bonds is 5. The molecule has 39 heavy (non-hydrogen) atoms. The highest BCUT2D eigenvalue weighted by Gasteiger charge is 2.39. The number of nitrogens with zero attached hydrogens (tertiary/aromatic N) is 4. The van der Waals surface area contributed by atoms with E-state index in [1.807, 2.05) is 77.6 Å². The Kier molecular flexibility index (Phi) is 7.49. The van der Waals surface area contributed by atoms with E-state index in [1.54, 1.807) is 21.1 Å². The van der Waals surface area contributed by atoms with Crippen molar-refractivity contribution in [2.45, 2.75) is 12.2 Å². The van der Waals surface area contributed by atoms with Gasteiger partial charge in [0.1, 0.15) is 18.1 Å². The van der Waals surface area contributed by atoms with Gasteiger partial charge in [-0.2, -0.15) is 5.10 Å². The number of fused-ring (bicyclic) bond motifs is 1. The van der Waals surface area contributed by atoms with Gasteiger partial charge in [0.25, 0.3) is 0 Å². The molecule has 7 nitrogen and oxygen atoms in total. The lowest BCUT2D eigenvalue weighted by Gasteiger charge is -2.30. The predicted octanol–water partition coefficient (Wildman–Crippen LogP) is 5.59. The van der Waals surface area contributed by atoms with E-state index in [0.29, 0.717) is 37.1 Å². The summed E-state index contributed by atoms with van der Waals surface area (Å²) in [6.45, 7) is 3.99. The number of carbonyl (C=O) groups is 2. The third kappa shape index (κ3) is 5.00. The predicted molar refractivity (Wildman–Crippen MR) is 157 cm³/mol. The Morgan fingerprint density at radius 2 is 1.85 bits per heavy atom. The summed E-state index contributed by atoms with van der Waals surface area (Å²) >= 11 is 9.87. The fourth-order valence-corrected chi connectivity index (χ4v) is 7.33. The zero-order valence-electron chi connectivity index (χ0n) is 21.4. The Morgan fingerprint density at radius 1 is 1.08 bits per heavy atom. The molecular weight excluding hydrogens is 552 g/mol. The number of aryl methyl sites for hydroxylation is 1. The van der Waals surface area contributed by atoms with Crippen LogP contribution in [0.5, 0.6) is 0 Å². The van der Waals surface area contributed by atoms with E-state index in [2.05, 4.69) is 0 Å². The summed E-state index contributed by atoms with van der Waals surface area (Å²) in [5, 5.41) is 7.55. The maximum atomic E-state index is 13.9.